The minimum absolute atomic E-state index is 0.178. The number of quaternary nitrogens is 1. The van der Waals surface area contributed by atoms with E-state index in [1.165, 1.54) is 0 Å². The van der Waals surface area contributed by atoms with E-state index in [1.54, 1.807) is 6.07 Å². The van der Waals surface area contributed by atoms with Gasteiger partial charge in [-0.05, 0) is 18.1 Å². The number of carboxylic acid groups (broad SMARTS) is 1. The van der Waals surface area contributed by atoms with Crippen molar-refractivity contribution in [2.45, 2.75) is 24.9 Å². The number of hydrogen-bond donors (Lipinski definition) is 2. The van der Waals surface area contributed by atoms with E-state index in [0.717, 1.165) is 6.54 Å². The fourth-order valence-electron chi connectivity index (χ4n) is 2.99. The van der Waals surface area contributed by atoms with Crippen LogP contribution in [0.3, 0.4) is 0 Å². The predicted octanol–water partition coefficient (Wildman–Crippen LogP) is 0.0513. The van der Waals surface area contributed by atoms with E-state index in [-0.39, 0.29) is 17.1 Å². The zero-order valence-electron chi connectivity index (χ0n) is 12.3. The first-order valence-corrected chi connectivity index (χ1v) is 7.91. The summed E-state index contributed by atoms with van der Waals surface area (Å²) in [4.78, 5) is 16.4. The minimum Gasteiger partial charge on any atom is -0.545 e. The van der Waals surface area contributed by atoms with Crippen LogP contribution in [0.25, 0.3) is 10.9 Å². The molecule has 2 unspecified atom stereocenters. The molecule has 2 heterocycles. The van der Waals surface area contributed by atoms with Crippen molar-refractivity contribution >= 4 is 29.5 Å². The van der Waals surface area contributed by atoms with Gasteiger partial charge in [-0.15, -0.1) is 12.6 Å². The first-order chi connectivity index (χ1) is 10.6. The Bertz CT molecular complexity index is 720. The maximum absolute atomic E-state index is 11.7. The average molecular weight is 318 g/mol. The van der Waals surface area contributed by atoms with Crippen LogP contribution in [0.5, 0.6) is 0 Å². The van der Waals surface area contributed by atoms with Crippen LogP contribution < -0.4 is 10.4 Å². The molecule has 1 aromatic heterocycles. The lowest BCUT2D eigenvalue weighted by Crippen LogP contribution is -2.89. The number of para-hydroxylation sites is 1. The highest BCUT2D eigenvalue weighted by Crippen LogP contribution is 2.29. The number of carbonyl (C=O) groups excluding carboxylic acids is 1. The molecule has 6 heteroatoms. The molecular formula is C16H18N2O3S. The highest BCUT2D eigenvalue weighted by molar-refractivity contribution is 7.80. The second kappa shape index (κ2) is 6.24. The summed E-state index contributed by atoms with van der Waals surface area (Å²) >= 11 is 4.36. The van der Waals surface area contributed by atoms with Gasteiger partial charge in [0, 0.05) is 10.9 Å². The number of nitrogens with two attached hydrogens (primary N) is 1. The van der Waals surface area contributed by atoms with E-state index in [2.05, 4.69) is 22.9 Å². The van der Waals surface area contributed by atoms with E-state index in [4.69, 9.17) is 4.74 Å². The number of thiol groups is 1. The van der Waals surface area contributed by atoms with Crippen molar-refractivity contribution in [1.29, 1.82) is 0 Å². The monoisotopic (exact) mass is 318 g/mol. The van der Waals surface area contributed by atoms with Crippen LogP contribution in [0.2, 0.25) is 0 Å². The Kier molecular flexibility index (Phi) is 4.33. The lowest BCUT2D eigenvalue weighted by molar-refractivity contribution is -0.681. The van der Waals surface area contributed by atoms with Gasteiger partial charge in [-0.3, -0.25) is 0 Å². The third-order valence-electron chi connectivity index (χ3n) is 3.96. The quantitative estimate of drug-likeness (QED) is 0.784. The van der Waals surface area contributed by atoms with Gasteiger partial charge in [0.2, 0.25) is 0 Å². The van der Waals surface area contributed by atoms with E-state index in [1.807, 2.05) is 25.1 Å². The SMILES string of the molecule is CCc1c(C2C[NH2+]CC(S)O2)nc2ccccc2c1C(=O)[O-]. The van der Waals surface area contributed by atoms with Gasteiger partial charge in [0.25, 0.3) is 0 Å². The molecule has 1 saturated heterocycles. The number of pyridine rings is 1. The molecule has 0 aliphatic carbocycles. The summed E-state index contributed by atoms with van der Waals surface area (Å²) < 4.78 is 5.86. The van der Waals surface area contributed by atoms with Crippen molar-refractivity contribution in [1.82, 2.24) is 4.98 Å². The van der Waals surface area contributed by atoms with Crippen LogP contribution in [0, 0.1) is 0 Å². The van der Waals surface area contributed by atoms with Gasteiger partial charge in [0.15, 0.2) is 6.10 Å². The minimum atomic E-state index is -1.17. The zero-order valence-corrected chi connectivity index (χ0v) is 13.2. The zero-order chi connectivity index (χ0) is 15.7. The Morgan fingerprint density at radius 3 is 2.91 bits per heavy atom. The number of morpholine rings is 1. The highest BCUT2D eigenvalue weighted by atomic mass is 32.1. The molecule has 0 saturated carbocycles. The Morgan fingerprint density at radius 1 is 1.45 bits per heavy atom. The number of rotatable bonds is 3. The van der Waals surface area contributed by atoms with Crippen LogP contribution in [-0.2, 0) is 11.2 Å². The van der Waals surface area contributed by atoms with Crippen LogP contribution >= 0.6 is 12.6 Å². The molecule has 2 aromatic rings. The number of carboxylic acids is 1. The van der Waals surface area contributed by atoms with Crippen molar-refractivity contribution < 1.29 is 20.0 Å². The molecule has 2 atom stereocenters. The summed E-state index contributed by atoms with van der Waals surface area (Å²) in [6, 6.07) is 7.24. The summed E-state index contributed by atoms with van der Waals surface area (Å²) in [6.07, 6.45) is 0.307. The van der Waals surface area contributed by atoms with Gasteiger partial charge in [0.1, 0.15) is 18.5 Å². The van der Waals surface area contributed by atoms with E-state index >= 15 is 0 Å². The molecule has 22 heavy (non-hydrogen) atoms. The maximum Gasteiger partial charge on any atom is 0.150 e. The molecule has 0 bridgehead atoms. The molecule has 116 valence electrons. The standard InChI is InChI=1S/C16H18N2O3S/c1-2-9-14(16(19)20)10-5-3-4-6-11(10)18-15(9)12-7-17-8-13(22)21-12/h3-6,12-13,17,22H,2,7-8H2,1H3,(H,19,20). The van der Waals surface area contributed by atoms with Crippen LogP contribution in [-0.4, -0.2) is 29.5 Å². The number of carbonyl (C=O) groups is 1. The van der Waals surface area contributed by atoms with Crippen LogP contribution in [0.15, 0.2) is 24.3 Å². The van der Waals surface area contributed by atoms with Crippen molar-refractivity contribution in [2.24, 2.45) is 0 Å². The van der Waals surface area contributed by atoms with Gasteiger partial charge in [-0.2, -0.15) is 0 Å². The number of ether oxygens (including phenoxy) is 1. The molecule has 1 aliphatic rings. The molecule has 3 rings (SSSR count). The van der Waals surface area contributed by atoms with Crippen LogP contribution in [0.1, 0.15) is 34.6 Å². The molecule has 0 spiro atoms. The summed E-state index contributed by atoms with van der Waals surface area (Å²) in [6.45, 7) is 3.41. The molecule has 5 nitrogen and oxygen atoms in total. The van der Waals surface area contributed by atoms with E-state index in [0.29, 0.717) is 35.1 Å². The van der Waals surface area contributed by atoms with Crippen LogP contribution in [0.4, 0.5) is 0 Å². The number of aromatic carboxylic acids is 1. The smallest absolute Gasteiger partial charge is 0.150 e. The summed E-state index contributed by atoms with van der Waals surface area (Å²) in [5.74, 6) is -1.17. The van der Waals surface area contributed by atoms with Gasteiger partial charge in [-0.25, -0.2) is 4.98 Å². The van der Waals surface area contributed by atoms with Gasteiger partial charge in [0.05, 0.1) is 17.2 Å². The van der Waals surface area contributed by atoms with Crippen molar-refractivity contribution in [2.75, 3.05) is 13.1 Å². The summed E-state index contributed by atoms with van der Waals surface area (Å²) in [5, 5.41) is 14.4. The molecule has 1 fully saturated rings. The van der Waals surface area contributed by atoms with Crippen molar-refractivity contribution in [3.05, 3.63) is 41.1 Å². The topological polar surface area (TPSA) is 78.9 Å². The lowest BCUT2D eigenvalue weighted by Gasteiger charge is -2.28. The second-order valence-corrected chi connectivity index (χ2v) is 5.92. The maximum atomic E-state index is 11.7. The number of hydrogen-bond acceptors (Lipinski definition) is 5. The van der Waals surface area contributed by atoms with Crippen molar-refractivity contribution in [3.63, 3.8) is 0 Å². The molecular weight excluding hydrogens is 300 g/mol. The third-order valence-corrected chi connectivity index (χ3v) is 4.29. The first-order valence-electron chi connectivity index (χ1n) is 7.39. The highest BCUT2D eigenvalue weighted by Gasteiger charge is 2.29. The van der Waals surface area contributed by atoms with E-state index in [9.17, 15) is 9.90 Å². The lowest BCUT2D eigenvalue weighted by atomic mass is 9.96. The third kappa shape index (κ3) is 2.69. The summed E-state index contributed by atoms with van der Waals surface area (Å²) in [5.41, 5.74) is 2.09. The Hall–Kier alpha value is -1.63. The van der Waals surface area contributed by atoms with E-state index < -0.39 is 5.97 Å². The predicted molar refractivity (Wildman–Crippen MR) is 83.7 cm³/mol. The van der Waals surface area contributed by atoms with Gasteiger partial charge in [-0.1, -0.05) is 25.1 Å². The normalized spacial score (nSPS) is 21.9. The molecule has 1 aliphatic heterocycles. The number of nitrogens with zero attached hydrogens (tertiary/aromatic N) is 1. The van der Waals surface area contributed by atoms with Crippen molar-refractivity contribution in [3.8, 4) is 0 Å². The fourth-order valence-corrected chi connectivity index (χ4v) is 3.29. The number of benzene rings is 1. The number of fused-ring (bicyclic) bond motifs is 1. The molecule has 0 radical (unpaired) electrons. The van der Waals surface area contributed by atoms with Gasteiger partial charge >= 0.3 is 0 Å². The van der Waals surface area contributed by atoms with Gasteiger partial charge < -0.3 is 20.0 Å². The Morgan fingerprint density at radius 2 is 2.23 bits per heavy atom. The molecule has 2 N–H and O–H groups in total. The second-order valence-electron chi connectivity index (χ2n) is 5.35. The average Bonchev–Trinajstić information content (AvgIpc) is 2.52. The Labute approximate surface area is 134 Å². The Balaban J connectivity index is 2.22. The molecule has 0 amide bonds. The first kappa shape index (κ1) is 15.3. The number of aromatic nitrogens is 1. The fraction of sp³-hybridized carbons (Fsp3) is 0.375. The largest absolute Gasteiger partial charge is 0.545 e. The molecule has 1 aromatic carbocycles. The summed E-state index contributed by atoms with van der Waals surface area (Å²) in [7, 11) is 0.